The van der Waals surface area contributed by atoms with E-state index in [1.165, 1.54) is 33.8 Å². The van der Waals surface area contributed by atoms with Crippen LogP contribution in [0.3, 0.4) is 0 Å². The van der Waals surface area contributed by atoms with Gasteiger partial charge in [0.25, 0.3) is 0 Å². The summed E-state index contributed by atoms with van der Waals surface area (Å²) in [5.41, 5.74) is 5.30. The van der Waals surface area contributed by atoms with Crippen molar-refractivity contribution in [2.45, 2.75) is 32.2 Å². The molecule has 52 heavy (non-hydrogen) atoms. The Bertz CT molecular complexity index is 2020. The van der Waals surface area contributed by atoms with E-state index in [-0.39, 0.29) is 12.4 Å². The van der Waals surface area contributed by atoms with Gasteiger partial charge >= 0.3 is 12.1 Å². The Labute approximate surface area is 305 Å². The molecule has 1 aliphatic heterocycles. The van der Waals surface area contributed by atoms with Crippen molar-refractivity contribution in [1.82, 2.24) is 29.5 Å². The molecular formula is C35H36ClF4N7O4S. The van der Waals surface area contributed by atoms with Crippen LogP contribution in [0, 0.1) is 5.82 Å². The summed E-state index contributed by atoms with van der Waals surface area (Å²) in [7, 11) is 1.76. The number of methoxy groups -OCH3 is 1. The van der Waals surface area contributed by atoms with Gasteiger partial charge in [0.2, 0.25) is 0 Å². The standard InChI is InChI=1S/C33H35ClFN7O2S.C2HF3O2/c1-43-16-15-41-11-9-40(10-12-41)13-14-42-28-7-6-25-30-32(36-21-37-33(30)45-31(25)26(28)19-38-42)39-24-5-8-29(27(34)18-24)44-20-22-3-2-4-23(35)17-22;3-2(4,5)1(6)7/h2-5,8,17-19,21H,6-7,9-16,20H2,1H3,(H,36,37,39);(H,6,7). The Morgan fingerprint density at radius 3 is 2.48 bits per heavy atom. The molecule has 17 heteroatoms. The van der Waals surface area contributed by atoms with Crippen LogP contribution in [-0.4, -0.2) is 99.8 Å². The van der Waals surface area contributed by atoms with Crippen molar-refractivity contribution < 1.29 is 36.9 Å². The maximum Gasteiger partial charge on any atom is 0.490 e. The predicted molar refractivity (Wildman–Crippen MR) is 190 cm³/mol. The van der Waals surface area contributed by atoms with Crippen molar-refractivity contribution in [1.29, 1.82) is 0 Å². The fourth-order valence-corrected chi connectivity index (χ4v) is 7.61. The quantitative estimate of drug-likeness (QED) is 0.142. The van der Waals surface area contributed by atoms with Gasteiger partial charge in [-0.1, -0.05) is 23.7 Å². The molecule has 0 atom stereocenters. The second-order valence-electron chi connectivity index (χ2n) is 12.2. The van der Waals surface area contributed by atoms with Crippen LogP contribution in [0.4, 0.5) is 29.1 Å². The highest BCUT2D eigenvalue weighted by molar-refractivity contribution is 7.22. The summed E-state index contributed by atoms with van der Waals surface area (Å²) in [5.74, 6) is -1.77. The second kappa shape index (κ2) is 16.5. The number of nitrogens with one attached hydrogen (secondary N) is 1. The molecule has 0 radical (unpaired) electrons. The third-order valence-corrected chi connectivity index (χ3v) is 10.3. The van der Waals surface area contributed by atoms with Gasteiger partial charge in [-0.2, -0.15) is 18.3 Å². The Hall–Kier alpha value is -4.35. The molecule has 0 amide bonds. The topological polar surface area (TPSA) is 118 Å². The number of fused-ring (bicyclic) bond motifs is 5. The number of hydrogen-bond acceptors (Lipinski definition) is 10. The van der Waals surface area contributed by atoms with Crippen LogP contribution in [0.5, 0.6) is 5.75 Å². The summed E-state index contributed by atoms with van der Waals surface area (Å²) >= 11 is 8.28. The van der Waals surface area contributed by atoms with Crippen LogP contribution in [0.1, 0.15) is 16.8 Å². The molecule has 7 rings (SSSR count). The number of nitrogens with zero attached hydrogens (tertiary/aromatic N) is 6. The molecule has 11 nitrogen and oxygen atoms in total. The van der Waals surface area contributed by atoms with Crippen molar-refractivity contribution in [2.75, 3.05) is 58.3 Å². The molecule has 276 valence electrons. The lowest BCUT2D eigenvalue weighted by Crippen LogP contribution is -2.48. The number of ether oxygens (including phenoxy) is 2. The third kappa shape index (κ3) is 8.98. The number of carboxylic acid groups (broad SMARTS) is 1. The van der Waals surface area contributed by atoms with E-state index in [2.05, 4.69) is 29.8 Å². The Morgan fingerprint density at radius 2 is 1.79 bits per heavy atom. The zero-order chi connectivity index (χ0) is 36.8. The first-order valence-corrected chi connectivity index (χ1v) is 17.7. The Morgan fingerprint density at radius 1 is 1.04 bits per heavy atom. The summed E-state index contributed by atoms with van der Waals surface area (Å²) in [6.45, 7) is 8.25. The normalized spacial score (nSPS) is 14.7. The van der Waals surface area contributed by atoms with E-state index in [0.29, 0.717) is 10.8 Å². The van der Waals surface area contributed by atoms with Gasteiger partial charge in [-0.3, -0.25) is 14.5 Å². The maximum atomic E-state index is 13.5. The minimum absolute atomic E-state index is 0.225. The van der Waals surface area contributed by atoms with Gasteiger partial charge in [0.1, 0.15) is 35.1 Å². The lowest BCUT2D eigenvalue weighted by molar-refractivity contribution is -0.192. The van der Waals surface area contributed by atoms with Gasteiger partial charge in [0, 0.05) is 68.2 Å². The first kappa shape index (κ1) is 37.4. The van der Waals surface area contributed by atoms with E-state index in [9.17, 15) is 17.6 Å². The minimum atomic E-state index is -5.08. The molecule has 0 saturated carbocycles. The van der Waals surface area contributed by atoms with E-state index in [1.54, 1.807) is 30.8 Å². The number of thiophene rings is 1. The number of aromatic nitrogens is 4. The number of aryl methyl sites for hydroxylation is 1. The SMILES string of the molecule is COCCN1CCN(CCn2ncc3c2CCc2c-3sc3ncnc(Nc4ccc(OCc5cccc(F)c5)c(Cl)c4)c23)CC1.O=C(O)C(F)(F)F. The smallest absolute Gasteiger partial charge is 0.487 e. The van der Waals surface area contributed by atoms with Gasteiger partial charge in [-0.25, -0.2) is 19.2 Å². The van der Waals surface area contributed by atoms with E-state index >= 15 is 0 Å². The molecule has 2 N–H and O–H groups in total. The zero-order valence-electron chi connectivity index (χ0n) is 28.1. The third-order valence-electron chi connectivity index (χ3n) is 8.82. The highest BCUT2D eigenvalue weighted by atomic mass is 35.5. The van der Waals surface area contributed by atoms with E-state index in [0.717, 1.165) is 92.5 Å². The number of hydrogen-bond donors (Lipinski definition) is 2. The van der Waals surface area contributed by atoms with Gasteiger partial charge in [-0.05, 0) is 54.3 Å². The van der Waals surface area contributed by atoms with Gasteiger partial charge in [0.05, 0.1) is 29.8 Å². The van der Waals surface area contributed by atoms with Crippen LogP contribution in [-0.2, 0) is 35.5 Å². The number of halogens is 5. The van der Waals surface area contributed by atoms with Crippen LogP contribution in [0.15, 0.2) is 55.0 Å². The Kier molecular flexibility index (Phi) is 11.9. The summed E-state index contributed by atoms with van der Waals surface area (Å²) in [4.78, 5) is 25.3. The van der Waals surface area contributed by atoms with Crippen molar-refractivity contribution in [2.24, 2.45) is 0 Å². The maximum absolute atomic E-state index is 13.5. The Balaban J connectivity index is 0.000000604. The molecular weight excluding hydrogens is 726 g/mol. The van der Waals surface area contributed by atoms with E-state index in [1.807, 2.05) is 30.5 Å². The molecule has 4 heterocycles. The number of carbonyl (C=O) groups is 1. The van der Waals surface area contributed by atoms with Crippen LogP contribution in [0.2, 0.25) is 5.02 Å². The molecule has 2 aliphatic rings. The summed E-state index contributed by atoms with van der Waals surface area (Å²) in [6, 6.07) is 11.9. The average molecular weight is 762 g/mol. The van der Waals surface area contributed by atoms with Crippen molar-refractivity contribution in [3.8, 4) is 16.2 Å². The second-order valence-corrected chi connectivity index (χ2v) is 13.6. The lowest BCUT2D eigenvalue weighted by atomic mass is 9.95. The highest BCUT2D eigenvalue weighted by Crippen LogP contribution is 2.45. The largest absolute Gasteiger partial charge is 0.490 e. The molecule has 0 bridgehead atoms. The number of carboxylic acids is 1. The van der Waals surface area contributed by atoms with Crippen molar-refractivity contribution >= 4 is 50.6 Å². The lowest BCUT2D eigenvalue weighted by Gasteiger charge is -2.34. The molecule has 1 aliphatic carbocycles. The molecule has 1 fully saturated rings. The first-order valence-electron chi connectivity index (χ1n) is 16.5. The highest BCUT2D eigenvalue weighted by Gasteiger charge is 2.38. The van der Waals surface area contributed by atoms with Crippen LogP contribution in [0.25, 0.3) is 20.7 Å². The monoisotopic (exact) mass is 761 g/mol. The van der Waals surface area contributed by atoms with Crippen molar-refractivity contribution in [3.05, 3.63) is 82.6 Å². The fraction of sp³-hybridized carbons (Fsp3) is 0.371. The summed E-state index contributed by atoms with van der Waals surface area (Å²) in [5, 5.41) is 16.9. The summed E-state index contributed by atoms with van der Waals surface area (Å²) in [6.07, 6.45) is 0.372. The minimum Gasteiger partial charge on any atom is -0.487 e. The summed E-state index contributed by atoms with van der Waals surface area (Å²) < 4.78 is 58.5. The van der Waals surface area contributed by atoms with E-state index < -0.39 is 12.1 Å². The van der Waals surface area contributed by atoms with Crippen LogP contribution < -0.4 is 10.1 Å². The molecule has 3 aromatic heterocycles. The van der Waals surface area contributed by atoms with Gasteiger partial charge < -0.3 is 19.9 Å². The molecule has 5 aromatic rings. The number of aliphatic carboxylic acids is 1. The first-order chi connectivity index (χ1) is 25.0. The molecule has 0 unspecified atom stereocenters. The van der Waals surface area contributed by atoms with Gasteiger partial charge in [0.15, 0.2) is 0 Å². The van der Waals surface area contributed by atoms with Gasteiger partial charge in [-0.15, -0.1) is 11.3 Å². The van der Waals surface area contributed by atoms with E-state index in [4.69, 9.17) is 36.1 Å². The molecule has 2 aromatic carbocycles. The molecule has 1 saturated heterocycles. The molecule has 0 spiro atoms. The fourth-order valence-electron chi connectivity index (χ4n) is 6.15. The zero-order valence-corrected chi connectivity index (χ0v) is 29.7. The predicted octanol–water partition coefficient (Wildman–Crippen LogP) is 6.67. The van der Waals surface area contributed by atoms with Crippen LogP contribution >= 0.6 is 22.9 Å². The van der Waals surface area contributed by atoms with Crippen molar-refractivity contribution in [3.63, 3.8) is 0 Å². The number of piperazine rings is 1. The number of rotatable bonds is 11. The number of alkyl halides is 3. The number of benzene rings is 2. The average Bonchev–Trinajstić information content (AvgIpc) is 3.72. The number of anilines is 2.